The van der Waals surface area contributed by atoms with Gasteiger partial charge in [0, 0.05) is 11.8 Å². The van der Waals surface area contributed by atoms with Gasteiger partial charge in [-0.1, -0.05) is 56.3 Å². The lowest BCUT2D eigenvalue weighted by atomic mass is 9.70. The van der Waals surface area contributed by atoms with Gasteiger partial charge in [0.2, 0.25) is 0 Å². The van der Waals surface area contributed by atoms with Gasteiger partial charge >= 0.3 is 5.97 Å². The lowest BCUT2D eigenvalue weighted by Crippen LogP contribution is -2.26. The quantitative estimate of drug-likeness (QED) is 0.317. The van der Waals surface area contributed by atoms with Crippen LogP contribution in [0, 0.1) is 13.8 Å². The number of hydrogen-bond donors (Lipinski definition) is 3. The molecule has 0 radical (unpaired) electrons. The minimum atomic E-state index is -0.852. The fourth-order valence-corrected chi connectivity index (χ4v) is 4.55. The van der Waals surface area contributed by atoms with Crippen molar-refractivity contribution in [2.45, 2.75) is 90.8 Å². The van der Waals surface area contributed by atoms with E-state index in [2.05, 4.69) is 51.1 Å². The van der Waals surface area contributed by atoms with Gasteiger partial charge in [-0.15, -0.1) is 0 Å². The van der Waals surface area contributed by atoms with Crippen molar-refractivity contribution >= 4 is 12.0 Å². The normalized spacial score (nSPS) is 13.3. The Morgan fingerprint density at radius 3 is 2.14 bits per heavy atom. The van der Waals surface area contributed by atoms with Gasteiger partial charge in [0.1, 0.15) is 12.4 Å². The summed E-state index contributed by atoms with van der Waals surface area (Å²) in [5, 5.41) is 28.9. The zero-order chi connectivity index (χ0) is 26.2. The Hall–Kier alpha value is -2.63. The van der Waals surface area contributed by atoms with Gasteiger partial charge in [0.15, 0.2) is 0 Å². The van der Waals surface area contributed by atoms with Crippen LogP contribution in [0.4, 0.5) is 0 Å². The van der Waals surface area contributed by atoms with Gasteiger partial charge in [-0.25, -0.2) is 0 Å². The summed E-state index contributed by atoms with van der Waals surface area (Å²) in [6.07, 6.45) is 5.88. The molecule has 1 atom stereocenters. The third-order valence-electron chi connectivity index (χ3n) is 6.79. The fraction of sp³-hybridized carbons (Fsp3) is 0.500. The summed E-state index contributed by atoms with van der Waals surface area (Å²) in [4.78, 5) is 10.6. The summed E-state index contributed by atoms with van der Waals surface area (Å²) < 4.78 is 5.86. The van der Waals surface area contributed by atoms with E-state index in [0.717, 1.165) is 29.7 Å². The van der Waals surface area contributed by atoms with Gasteiger partial charge in [-0.2, -0.15) is 0 Å². The molecule has 5 nitrogen and oxygen atoms in total. The number of ether oxygens (including phenoxy) is 1. The SMILES string of the molecule is CCC(CC)(c1ccc(C=CC(C)(C)O)c(C)c1)c1ccc(OCC(O)CCCC(=O)O)c(C)c1. The van der Waals surface area contributed by atoms with Gasteiger partial charge in [0.05, 0.1) is 11.7 Å². The van der Waals surface area contributed by atoms with Crippen molar-refractivity contribution in [1.29, 1.82) is 0 Å². The molecule has 0 aliphatic carbocycles. The zero-order valence-electron chi connectivity index (χ0n) is 22.1. The third-order valence-corrected chi connectivity index (χ3v) is 6.79. The van der Waals surface area contributed by atoms with E-state index >= 15 is 0 Å². The first-order valence-electron chi connectivity index (χ1n) is 12.6. The average Bonchev–Trinajstić information content (AvgIpc) is 2.78. The van der Waals surface area contributed by atoms with E-state index in [-0.39, 0.29) is 18.4 Å². The molecule has 192 valence electrons. The van der Waals surface area contributed by atoms with Crippen molar-refractivity contribution in [3.63, 3.8) is 0 Å². The minimum Gasteiger partial charge on any atom is -0.491 e. The number of aliphatic carboxylic acids is 1. The van der Waals surface area contributed by atoms with Crippen LogP contribution >= 0.6 is 0 Å². The maximum absolute atomic E-state index is 10.6. The molecule has 5 heteroatoms. The van der Waals surface area contributed by atoms with E-state index in [1.54, 1.807) is 13.8 Å². The summed E-state index contributed by atoms with van der Waals surface area (Å²) in [5.41, 5.74) is 4.78. The summed E-state index contributed by atoms with van der Waals surface area (Å²) in [6.45, 7) is 12.2. The maximum atomic E-state index is 10.6. The van der Waals surface area contributed by atoms with Crippen molar-refractivity contribution in [2.75, 3.05) is 6.61 Å². The molecular weight excluding hydrogens is 440 g/mol. The second kappa shape index (κ2) is 12.4. The Balaban J connectivity index is 2.24. The standard InChI is InChI=1S/C30H42O5/c1-7-30(8-2,24-13-12-23(21(3)18-24)16-17-29(5,6)34)25-14-15-27(22(4)19-25)35-20-26(31)10-9-11-28(32)33/h12-19,26,31,34H,7-11,20H2,1-6H3,(H,32,33). The molecule has 0 heterocycles. The average molecular weight is 483 g/mol. The van der Waals surface area contributed by atoms with E-state index in [1.807, 2.05) is 25.1 Å². The van der Waals surface area contributed by atoms with Crippen LogP contribution in [-0.4, -0.2) is 39.6 Å². The number of carbonyl (C=O) groups is 1. The lowest BCUT2D eigenvalue weighted by molar-refractivity contribution is -0.137. The van der Waals surface area contributed by atoms with Crippen LogP contribution in [0.3, 0.4) is 0 Å². The zero-order valence-corrected chi connectivity index (χ0v) is 22.1. The minimum absolute atomic E-state index is 0.0526. The highest BCUT2D eigenvalue weighted by Crippen LogP contribution is 2.41. The molecule has 0 saturated carbocycles. The number of carboxylic acids is 1. The summed E-state index contributed by atoms with van der Waals surface area (Å²) in [7, 11) is 0. The van der Waals surface area contributed by atoms with Crippen LogP contribution in [0.25, 0.3) is 6.08 Å². The molecule has 0 saturated heterocycles. The van der Waals surface area contributed by atoms with Crippen molar-refractivity contribution in [1.82, 2.24) is 0 Å². The number of aliphatic hydroxyl groups excluding tert-OH is 1. The van der Waals surface area contributed by atoms with Crippen LogP contribution in [0.5, 0.6) is 5.75 Å². The van der Waals surface area contributed by atoms with E-state index in [1.165, 1.54) is 16.7 Å². The first kappa shape index (κ1) is 28.6. The number of benzene rings is 2. The monoisotopic (exact) mass is 482 g/mol. The smallest absolute Gasteiger partial charge is 0.303 e. The number of aliphatic hydroxyl groups is 2. The van der Waals surface area contributed by atoms with Crippen molar-refractivity contribution in [3.05, 3.63) is 70.3 Å². The number of carboxylic acid groups (broad SMARTS) is 1. The second-order valence-corrected chi connectivity index (χ2v) is 10.1. The maximum Gasteiger partial charge on any atom is 0.303 e. The van der Waals surface area contributed by atoms with Crippen molar-refractivity contribution in [3.8, 4) is 5.75 Å². The van der Waals surface area contributed by atoms with Crippen molar-refractivity contribution in [2.24, 2.45) is 0 Å². The topological polar surface area (TPSA) is 87.0 Å². The third kappa shape index (κ3) is 7.94. The summed E-state index contributed by atoms with van der Waals surface area (Å²) in [5.74, 6) is -0.120. The molecule has 2 aromatic rings. The molecule has 0 aliphatic rings. The molecule has 2 rings (SSSR count). The molecule has 0 fully saturated rings. The number of aryl methyl sites for hydroxylation is 2. The van der Waals surface area contributed by atoms with Gasteiger partial charge in [-0.3, -0.25) is 4.79 Å². The molecule has 0 spiro atoms. The molecule has 35 heavy (non-hydrogen) atoms. The van der Waals surface area contributed by atoms with Crippen LogP contribution in [-0.2, 0) is 10.2 Å². The van der Waals surface area contributed by atoms with Crippen LogP contribution in [0.1, 0.15) is 87.6 Å². The lowest BCUT2D eigenvalue weighted by Gasteiger charge is -2.34. The predicted octanol–water partition coefficient (Wildman–Crippen LogP) is 6.19. The van der Waals surface area contributed by atoms with E-state index in [0.29, 0.717) is 12.8 Å². The molecule has 2 aromatic carbocycles. The molecule has 3 N–H and O–H groups in total. The first-order valence-corrected chi connectivity index (χ1v) is 12.6. The van der Waals surface area contributed by atoms with Gasteiger partial charge in [0.25, 0.3) is 0 Å². The van der Waals surface area contributed by atoms with E-state index < -0.39 is 17.7 Å². The highest BCUT2D eigenvalue weighted by atomic mass is 16.5. The van der Waals surface area contributed by atoms with Crippen molar-refractivity contribution < 1.29 is 24.9 Å². The number of rotatable bonds is 13. The summed E-state index contributed by atoms with van der Waals surface area (Å²) >= 11 is 0. The van der Waals surface area contributed by atoms with Crippen LogP contribution in [0.2, 0.25) is 0 Å². The summed E-state index contributed by atoms with van der Waals surface area (Å²) in [6, 6.07) is 12.8. The number of hydrogen-bond acceptors (Lipinski definition) is 4. The molecule has 0 aromatic heterocycles. The Morgan fingerprint density at radius 2 is 1.63 bits per heavy atom. The Morgan fingerprint density at radius 1 is 1.03 bits per heavy atom. The fourth-order valence-electron chi connectivity index (χ4n) is 4.55. The van der Waals surface area contributed by atoms with Gasteiger partial charge < -0.3 is 20.1 Å². The van der Waals surface area contributed by atoms with E-state index in [4.69, 9.17) is 9.84 Å². The highest BCUT2D eigenvalue weighted by Gasteiger charge is 2.31. The first-order chi connectivity index (χ1) is 16.4. The van der Waals surface area contributed by atoms with Gasteiger partial charge in [-0.05, 0) is 87.3 Å². The van der Waals surface area contributed by atoms with Crippen LogP contribution < -0.4 is 4.74 Å². The largest absolute Gasteiger partial charge is 0.491 e. The Bertz CT molecular complexity index is 1010. The molecule has 0 aliphatic heterocycles. The Labute approximate surface area is 210 Å². The Kier molecular flexibility index (Phi) is 10.1. The van der Waals surface area contributed by atoms with E-state index in [9.17, 15) is 15.0 Å². The van der Waals surface area contributed by atoms with Crippen LogP contribution in [0.15, 0.2) is 42.5 Å². The second-order valence-electron chi connectivity index (χ2n) is 10.1. The molecule has 0 bridgehead atoms. The highest BCUT2D eigenvalue weighted by molar-refractivity contribution is 5.66. The predicted molar refractivity (Wildman–Crippen MR) is 142 cm³/mol. The molecule has 1 unspecified atom stereocenters. The molecular formula is C30H42O5. The molecule has 0 amide bonds.